The number of hydrogen-bond acceptors (Lipinski definition) is 2. The number of alkyl halides is 3. The summed E-state index contributed by atoms with van der Waals surface area (Å²) in [7, 11) is 0. The van der Waals surface area contributed by atoms with Crippen LogP contribution in [-0.4, -0.2) is 7.76 Å². The zero-order valence-electron chi connectivity index (χ0n) is 5.47. The predicted molar refractivity (Wildman–Crippen MR) is 42.9 cm³/mol. The molecule has 0 amide bonds. The fraction of sp³-hybridized carbons (Fsp3) is 0.200. The fourth-order valence-electron chi connectivity index (χ4n) is 0.541. The van der Waals surface area contributed by atoms with Gasteiger partial charge in [-0.3, -0.25) is 4.79 Å². The van der Waals surface area contributed by atoms with Crippen molar-refractivity contribution in [2.24, 2.45) is 0 Å². The van der Waals surface area contributed by atoms with E-state index in [1.807, 2.05) is 0 Å². The first-order chi connectivity index (χ1) is 5.41. The zero-order chi connectivity index (χ0) is 9.35. The molecular weight excluding hydrogens is 288 g/mol. The Morgan fingerprint density at radius 1 is 1.50 bits per heavy atom. The summed E-state index contributed by atoms with van der Waals surface area (Å²) in [6.07, 6.45) is -3.73. The minimum absolute atomic E-state index is 0.451. The Bertz CT molecular complexity index is 345. The summed E-state index contributed by atoms with van der Waals surface area (Å²) >= 11 is 1.54. The minimum atomic E-state index is -4.55. The van der Waals surface area contributed by atoms with Gasteiger partial charge in [0.2, 0.25) is 0 Å². The summed E-state index contributed by atoms with van der Waals surface area (Å²) in [6, 6.07) is 0.451. The van der Waals surface area contributed by atoms with E-state index in [4.69, 9.17) is 0 Å². The Balaban J connectivity index is 3.23. The number of aromatic nitrogens is 2. The first-order valence-electron chi connectivity index (χ1n) is 2.73. The van der Waals surface area contributed by atoms with E-state index < -0.39 is 17.4 Å². The molecule has 0 radical (unpaired) electrons. The lowest BCUT2D eigenvalue weighted by Gasteiger charge is -2.03. The van der Waals surface area contributed by atoms with Crippen LogP contribution in [0.15, 0.2) is 17.2 Å². The third-order valence-electron chi connectivity index (χ3n) is 1.06. The van der Waals surface area contributed by atoms with E-state index in [-0.39, 0.29) is 0 Å². The van der Waals surface area contributed by atoms with Gasteiger partial charge in [-0.25, -0.2) is 7.76 Å². The number of halogens is 4. The maximum atomic E-state index is 11.9. The van der Waals surface area contributed by atoms with Crippen molar-refractivity contribution in [3.63, 3.8) is 0 Å². The van der Waals surface area contributed by atoms with Crippen LogP contribution in [0.25, 0.3) is 0 Å². The lowest BCUT2D eigenvalue weighted by Crippen LogP contribution is -2.18. The van der Waals surface area contributed by atoms with Gasteiger partial charge in [0.1, 0.15) is 6.33 Å². The molecule has 0 aromatic carbocycles. The Hall–Kier alpha value is -0.600. The van der Waals surface area contributed by atoms with Crippen molar-refractivity contribution in [1.29, 1.82) is 0 Å². The molecule has 1 aromatic heterocycles. The molecule has 0 spiro atoms. The van der Waals surface area contributed by atoms with E-state index in [0.29, 0.717) is 6.07 Å². The van der Waals surface area contributed by atoms with Gasteiger partial charge < -0.3 is 0 Å². The van der Waals surface area contributed by atoms with Gasteiger partial charge in [-0.05, 0) is 0 Å². The highest BCUT2D eigenvalue weighted by Crippen LogP contribution is 2.25. The average molecular weight is 290 g/mol. The summed E-state index contributed by atoms with van der Waals surface area (Å²) < 4.78 is 36.6. The van der Waals surface area contributed by atoms with Crippen LogP contribution in [0.1, 0.15) is 5.69 Å². The second kappa shape index (κ2) is 3.04. The zero-order valence-corrected chi connectivity index (χ0v) is 7.63. The number of hydrogen-bond donors (Lipinski definition) is 0. The second-order valence-electron chi connectivity index (χ2n) is 1.92. The normalized spacial score (nSPS) is 11.7. The van der Waals surface area contributed by atoms with Gasteiger partial charge in [0.15, 0.2) is 5.69 Å². The molecule has 0 N–H and O–H groups in total. The van der Waals surface area contributed by atoms with Crippen LogP contribution in [0, 0.1) is 0 Å². The summed E-state index contributed by atoms with van der Waals surface area (Å²) in [5, 5.41) is 0. The van der Waals surface area contributed by atoms with E-state index in [1.54, 1.807) is 22.9 Å². The van der Waals surface area contributed by atoms with Crippen LogP contribution in [-0.2, 0) is 6.18 Å². The summed E-state index contributed by atoms with van der Waals surface area (Å²) in [4.78, 5) is 13.7. The van der Waals surface area contributed by atoms with Crippen molar-refractivity contribution in [1.82, 2.24) is 7.76 Å². The molecule has 0 saturated heterocycles. The maximum Gasteiger partial charge on any atom is 0.433 e. The van der Waals surface area contributed by atoms with Gasteiger partial charge in [-0.15, -0.1) is 0 Å². The topological polar surface area (TPSA) is 34.9 Å². The minimum Gasteiger partial charge on any atom is -0.268 e. The highest BCUT2D eigenvalue weighted by molar-refractivity contribution is 14.1. The lowest BCUT2D eigenvalue weighted by atomic mass is 10.4. The van der Waals surface area contributed by atoms with E-state index >= 15 is 0 Å². The monoisotopic (exact) mass is 290 g/mol. The quantitative estimate of drug-likeness (QED) is 0.678. The van der Waals surface area contributed by atoms with E-state index in [2.05, 4.69) is 4.98 Å². The molecule has 1 rings (SSSR count). The smallest absolute Gasteiger partial charge is 0.268 e. The lowest BCUT2D eigenvalue weighted by molar-refractivity contribution is -0.141. The molecule has 0 unspecified atom stereocenters. The molecule has 0 aliphatic heterocycles. The molecule has 0 atom stereocenters. The van der Waals surface area contributed by atoms with Crippen LogP contribution < -0.4 is 5.56 Å². The predicted octanol–water partition coefficient (Wildman–Crippen LogP) is 1.46. The molecule has 1 aromatic rings. The van der Waals surface area contributed by atoms with E-state index in [9.17, 15) is 18.0 Å². The third kappa shape index (κ3) is 1.96. The van der Waals surface area contributed by atoms with Gasteiger partial charge in [0.05, 0.1) is 22.9 Å². The van der Waals surface area contributed by atoms with Crippen LogP contribution in [0.5, 0.6) is 0 Å². The molecule has 0 saturated carbocycles. The highest BCUT2D eigenvalue weighted by Gasteiger charge is 2.32. The maximum absolute atomic E-state index is 11.9. The largest absolute Gasteiger partial charge is 0.433 e. The molecule has 3 nitrogen and oxygen atoms in total. The number of rotatable bonds is 0. The first-order valence-corrected chi connectivity index (χ1v) is 3.70. The Labute approximate surface area is 78.7 Å². The molecule has 12 heavy (non-hydrogen) atoms. The molecule has 0 aliphatic carbocycles. The van der Waals surface area contributed by atoms with Crippen molar-refractivity contribution in [3.8, 4) is 0 Å². The third-order valence-corrected chi connectivity index (χ3v) is 1.78. The molecule has 0 bridgehead atoms. The molecule has 0 aliphatic rings. The summed E-state index contributed by atoms with van der Waals surface area (Å²) in [5.74, 6) is 0. The van der Waals surface area contributed by atoms with Crippen molar-refractivity contribution >= 4 is 22.9 Å². The van der Waals surface area contributed by atoms with Gasteiger partial charge >= 0.3 is 6.18 Å². The SMILES string of the molecule is O=c1cc(C(F)(F)F)ncn1I. The standard InChI is InChI=1S/C5H2F3IN2O/c6-5(7,8)3-1-4(12)11(9)2-10-3/h1-2H. The fourth-order valence-corrected chi connectivity index (χ4v) is 0.805. The van der Waals surface area contributed by atoms with Gasteiger partial charge in [-0.1, -0.05) is 0 Å². The summed E-state index contributed by atoms with van der Waals surface area (Å²) in [6.45, 7) is 0. The Morgan fingerprint density at radius 3 is 2.50 bits per heavy atom. The van der Waals surface area contributed by atoms with E-state index in [0.717, 1.165) is 9.11 Å². The number of nitrogens with zero attached hydrogens (tertiary/aromatic N) is 2. The average Bonchev–Trinajstić information content (AvgIpc) is 1.92. The van der Waals surface area contributed by atoms with Crippen molar-refractivity contribution in [2.45, 2.75) is 6.18 Å². The van der Waals surface area contributed by atoms with Crippen LogP contribution in [0.3, 0.4) is 0 Å². The van der Waals surface area contributed by atoms with Crippen LogP contribution in [0.2, 0.25) is 0 Å². The van der Waals surface area contributed by atoms with Crippen LogP contribution in [0.4, 0.5) is 13.2 Å². The van der Waals surface area contributed by atoms with Crippen molar-refractivity contribution in [3.05, 3.63) is 28.4 Å². The molecule has 0 fully saturated rings. The van der Waals surface area contributed by atoms with Crippen molar-refractivity contribution < 1.29 is 13.2 Å². The second-order valence-corrected chi connectivity index (χ2v) is 2.96. The van der Waals surface area contributed by atoms with Gasteiger partial charge in [-0.2, -0.15) is 13.2 Å². The Kier molecular flexibility index (Phi) is 2.40. The van der Waals surface area contributed by atoms with Gasteiger partial charge in [0, 0.05) is 6.07 Å². The molecule has 66 valence electrons. The van der Waals surface area contributed by atoms with Gasteiger partial charge in [0.25, 0.3) is 5.56 Å². The van der Waals surface area contributed by atoms with Crippen molar-refractivity contribution in [2.75, 3.05) is 0 Å². The van der Waals surface area contributed by atoms with Crippen LogP contribution >= 0.6 is 22.9 Å². The first kappa shape index (κ1) is 9.49. The molecule has 1 heterocycles. The molecule has 7 heteroatoms. The van der Waals surface area contributed by atoms with E-state index in [1.165, 1.54) is 0 Å². The highest BCUT2D eigenvalue weighted by atomic mass is 127. The molecular formula is C5H2F3IN2O. The summed E-state index contributed by atoms with van der Waals surface area (Å²) in [5.41, 5.74) is -1.90. The Morgan fingerprint density at radius 2 is 2.08 bits per heavy atom.